The first-order chi connectivity index (χ1) is 6.65. The molecule has 2 N–H and O–H groups in total. The number of aromatic nitrogens is 2. The van der Waals surface area contributed by atoms with Crippen molar-refractivity contribution < 1.29 is 31.9 Å². The van der Waals surface area contributed by atoms with E-state index < -0.39 is 29.5 Å². The lowest BCUT2D eigenvalue weighted by atomic mass is 10.2. The average molecular weight is 230 g/mol. The van der Waals surface area contributed by atoms with Gasteiger partial charge in [-0.1, -0.05) is 0 Å². The predicted molar refractivity (Wildman–Crippen MR) is 35.1 cm³/mol. The monoisotopic (exact) mass is 230 g/mol. The Labute approximate surface area is 78.7 Å². The van der Waals surface area contributed by atoms with E-state index >= 15 is 0 Å². The molecule has 0 saturated carbocycles. The van der Waals surface area contributed by atoms with Gasteiger partial charge in [-0.05, 0) is 6.07 Å². The lowest BCUT2D eigenvalue weighted by Crippen LogP contribution is -2.25. The standard InChI is InChI=1S/C6H3F5N2O2/c7-5(8,4(14)15)2-1-3(13-12-2)6(9,10)11/h1H,(H,12,13)(H,14,15). The number of rotatable bonds is 2. The SMILES string of the molecule is O=C(O)C(F)(F)c1cc(C(F)(F)F)n[nH]1. The zero-order chi connectivity index (χ0) is 11.9. The molecule has 0 saturated heterocycles. The number of aromatic amines is 1. The van der Waals surface area contributed by atoms with E-state index in [2.05, 4.69) is 5.10 Å². The minimum Gasteiger partial charge on any atom is -0.476 e. The molecule has 0 bridgehead atoms. The normalized spacial score (nSPS) is 12.9. The van der Waals surface area contributed by atoms with Gasteiger partial charge in [0.2, 0.25) is 0 Å². The molecular weight excluding hydrogens is 227 g/mol. The number of nitrogens with one attached hydrogen (secondary N) is 1. The first kappa shape index (κ1) is 11.4. The topological polar surface area (TPSA) is 66.0 Å². The van der Waals surface area contributed by atoms with Gasteiger partial charge in [0.15, 0.2) is 5.69 Å². The molecule has 9 heteroatoms. The summed E-state index contributed by atoms with van der Waals surface area (Å²) in [5.41, 5.74) is -3.01. The molecular formula is C6H3F5N2O2. The van der Waals surface area contributed by atoms with E-state index in [1.165, 1.54) is 5.10 Å². The van der Waals surface area contributed by atoms with E-state index in [4.69, 9.17) is 5.11 Å². The van der Waals surface area contributed by atoms with Gasteiger partial charge in [0.25, 0.3) is 0 Å². The summed E-state index contributed by atoms with van der Waals surface area (Å²) in [5.74, 6) is -6.98. The third-order valence-electron chi connectivity index (χ3n) is 1.48. The first-order valence-electron chi connectivity index (χ1n) is 3.40. The molecule has 1 aromatic heterocycles. The van der Waals surface area contributed by atoms with E-state index in [9.17, 15) is 26.7 Å². The molecule has 0 atom stereocenters. The Kier molecular flexibility index (Phi) is 2.41. The van der Waals surface area contributed by atoms with Gasteiger partial charge in [-0.25, -0.2) is 4.79 Å². The van der Waals surface area contributed by atoms with Crippen LogP contribution in [0.15, 0.2) is 6.07 Å². The minimum atomic E-state index is -4.90. The molecule has 0 spiro atoms. The summed E-state index contributed by atoms with van der Waals surface area (Å²) in [5, 5.41) is 11.9. The highest BCUT2D eigenvalue weighted by Gasteiger charge is 2.45. The molecule has 1 rings (SSSR count). The van der Waals surface area contributed by atoms with Gasteiger partial charge in [-0.15, -0.1) is 0 Å². The molecule has 1 heterocycles. The fourth-order valence-corrected chi connectivity index (χ4v) is 0.743. The number of nitrogens with zero attached hydrogens (tertiary/aromatic N) is 1. The highest BCUT2D eigenvalue weighted by molar-refractivity contribution is 5.76. The van der Waals surface area contributed by atoms with E-state index in [0.717, 1.165) is 0 Å². The van der Waals surface area contributed by atoms with Gasteiger partial charge >= 0.3 is 18.1 Å². The highest BCUT2D eigenvalue weighted by Crippen LogP contribution is 2.32. The van der Waals surface area contributed by atoms with E-state index in [0.29, 0.717) is 0 Å². The Balaban J connectivity index is 3.10. The van der Waals surface area contributed by atoms with Crippen LogP contribution in [-0.2, 0) is 16.9 Å². The highest BCUT2D eigenvalue weighted by atomic mass is 19.4. The van der Waals surface area contributed by atoms with Crippen molar-refractivity contribution in [3.63, 3.8) is 0 Å². The number of aliphatic carboxylic acids is 1. The maximum Gasteiger partial charge on any atom is 0.435 e. The van der Waals surface area contributed by atoms with Crippen LogP contribution in [0, 0.1) is 0 Å². The van der Waals surface area contributed by atoms with Crippen LogP contribution in [0.3, 0.4) is 0 Å². The quantitative estimate of drug-likeness (QED) is 0.758. The van der Waals surface area contributed by atoms with Crippen molar-refractivity contribution in [2.45, 2.75) is 12.1 Å². The molecule has 0 aliphatic heterocycles. The zero-order valence-corrected chi connectivity index (χ0v) is 6.77. The largest absolute Gasteiger partial charge is 0.476 e. The number of alkyl halides is 5. The minimum absolute atomic E-state index is 0.0475. The molecule has 0 aromatic carbocycles. The molecule has 4 nitrogen and oxygen atoms in total. The number of carboxylic acids is 1. The molecule has 15 heavy (non-hydrogen) atoms. The predicted octanol–water partition coefficient (Wildman–Crippen LogP) is 1.60. The number of hydrogen-bond acceptors (Lipinski definition) is 2. The maximum atomic E-state index is 12.6. The Bertz CT molecular complexity index is 383. The molecule has 0 fully saturated rings. The van der Waals surface area contributed by atoms with Crippen LogP contribution in [0.4, 0.5) is 22.0 Å². The summed E-state index contributed by atoms with van der Waals surface area (Å²) in [6, 6.07) is -0.0475. The maximum absolute atomic E-state index is 12.6. The number of halogens is 5. The van der Waals surface area contributed by atoms with Gasteiger partial charge in [0, 0.05) is 0 Å². The van der Waals surface area contributed by atoms with Crippen LogP contribution in [-0.4, -0.2) is 21.3 Å². The summed E-state index contributed by atoms with van der Waals surface area (Å²) in [6.07, 6.45) is -4.90. The van der Waals surface area contributed by atoms with Gasteiger partial charge in [-0.3, -0.25) is 5.10 Å². The van der Waals surface area contributed by atoms with E-state index in [1.807, 2.05) is 0 Å². The third kappa shape index (κ3) is 2.05. The Morgan fingerprint density at radius 3 is 2.20 bits per heavy atom. The van der Waals surface area contributed by atoms with Crippen LogP contribution in [0.25, 0.3) is 0 Å². The molecule has 0 unspecified atom stereocenters. The Hall–Kier alpha value is -1.67. The van der Waals surface area contributed by atoms with Crippen LogP contribution in [0.2, 0.25) is 0 Å². The van der Waals surface area contributed by atoms with E-state index in [1.54, 1.807) is 0 Å². The smallest absolute Gasteiger partial charge is 0.435 e. The van der Waals surface area contributed by atoms with Crippen molar-refractivity contribution in [3.8, 4) is 0 Å². The molecule has 0 amide bonds. The molecule has 84 valence electrons. The van der Waals surface area contributed by atoms with Crippen molar-refractivity contribution in [1.29, 1.82) is 0 Å². The Morgan fingerprint density at radius 2 is 1.87 bits per heavy atom. The van der Waals surface area contributed by atoms with Crippen molar-refractivity contribution in [3.05, 3.63) is 17.5 Å². The second kappa shape index (κ2) is 3.17. The fraction of sp³-hybridized carbons (Fsp3) is 0.333. The van der Waals surface area contributed by atoms with Gasteiger partial charge in [0.1, 0.15) is 5.69 Å². The first-order valence-corrected chi connectivity index (χ1v) is 3.40. The van der Waals surface area contributed by atoms with Gasteiger partial charge in [0.05, 0.1) is 0 Å². The molecule has 0 radical (unpaired) electrons. The van der Waals surface area contributed by atoms with E-state index in [-0.39, 0.29) is 6.07 Å². The zero-order valence-electron chi connectivity index (χ0n) is 6.77. The van der Waals surface area contributed by atoms with Crippen molar-refractivity contribution in [2.75, 3.05) is 0 Å². The van der Waals surface area contributed by atoms with Crippen LogP contribution < -0.4 is 0 Å². The molecule has 0 aliphatic rings. The molecule has 0 aliphatic carbocycles. The number of H-pyrrole nitrogens is 1. The summed E-state index contributed by atoms with van der Waals surface area (Å²) in [4.78, 5) is 10.0. The number of hydrogen-bond donors (Lipinski definition) is 2. The fourth-order valence-electron chi connectivity index (χ4n) is 0.743. The van der Waals surface area contributed by atoms with Crippen LogP contribution >= 0.6 is 0 Å². The molecule has 1 aromatic rings. The summed E-state index contributed by atoms with van der Waals surface area (Å²) < 4.78 is 61.0. The lowest BCUT2D eigenvalue weighted by Gasteiger charge is -2.06. The van der Waals surface area contributed by atoms with Gasteiger partial charge < -0.3 is 5.11 Å². The second-order valence-corrected chi connectivity index (χ2v) is 2.54. The average Bonchev–Trinajstić information content (AvgIpc) is 2.50. The lowest BCUT2D eigenvalue weighted by molar-refractivity contribution is -0.167. The van der Waals surface area contributed by atoms with Gasteiger partial charge in [-0.2, -0.15) is 27.1 Å². The summed E-state index contributed by atoms with van der Waals surface area (Å²) >= 11 is 0. The second-order valence-electron chi connectivity index (χ2n) is 2.54. The van der Waals surface area contributed by atoms with Crippen molar-refractivity contribution >= 4 is 5.97 Å². The van der Waals surface area contributed by atoms with Crippen molar-refractivity contribution in [1.82, 2.24) is 10.2 Å². The summed E-state index contributed by atoms with van der Waals surface area (Å²) in [7, 11) is 0. The number of carboxylic acid groups (broad SMARTS) is 1. The Morgan fingerprint density at radius 1 is 1.33 bits per heavy atom. The number of carbonyl (C=O) groups is 1. The van der Waals surface area contributed by atoms with Crippen molar-refractivity contribution in [2.24, 2.45) is 0 Å². The summed E-state index contributed by atoms with van der Waals surface area (Å²) in [6.45, 7) is 0. The van der Waals surface area contributed by atoms with Crippen LogP contribution in [0.1, 0.15) is 11.4 Å². The third-order valence-corrected chi connectivity index (χ3v) is 1.48. The van der Waals surface area contributed by atoms with Crippen LogP contribution in [0.5, 0.6) is 0 Å².